The van der Waals surface area contributed by atoms with Gasteiger partial charge in [-0.1, -0.05) is 24.1 Å². The number of alkyl halides is 1. The molecule has 5 aliphatic heterocycles. The lowest BCUT2D eigenvalue weighted by Crippen LogP contribution is -2.72. The van der Waals surface area contributed by atoms with Gasteiger partial charge in [0.15, 0.2) is 5.82 Å². The monoisotopic (exact) mass is 596 g/mol. The molecule has 0 spiro atoms. The fourth-order valence-electron chi connectivity index (χ4n) is 9.42. The predicted molar refractivity (Wildman–Crippen MR) is 160 cm³/mol. The summed E-state index contributed by atoms with van der Waals surface area (Å²) in [4.78, 5) is 14.3. The lowest BCUT2D eigenvalue weighted by Gasteiger charge is -2.66. The number of rotatable bonds is 5. The lowest BCUT2D eigenvalue weighted by molar-refractivity contribution is -0.173. The van der Waals surface area contributed by atoms with Crippen LogP contribution in [-0.4, -0.2) is 68.4 Å². The van der Waals surface area contributed by atoms with Crippen LogP contribution >= 0.6 is 0 Å². The van der Waals surface area contributed by atoms with E-state index >= 15 is 4.39 Å². The highest BCUT2D eigenvalue weighted by molar-refractivity contribution is 6.03. The number of aromatic nitrogens is 2. The van der Waals surface area contributed by atoms with Gasteiger partial charge in [0.25, 0.3) is 0 Å². The third-order valence-corrected chi connectivity index (χ3v) is 11.2. The number of ether oxygens (including phenoxy) is 1. The van der Waals surface area contributed by atoms with E-state index in [0.29, 0.717) is 41.2 Å². The van der Waals surface area contributed by atoms with Gasteiger partial charge in [0, 0.05) is 41.4 Å². The molecule has 5 saturated heterocycles. The molecule has 0 saturated carbocycles. The Morgan fingerprint density at radius 1 is 1.05 bits per heavy atom. The van der Waals surface area contributed by atoms with E-state index in [9.17, 15) is 13.9 Å². The molecule has 0 radical (unpaired) electrons. The Morgan fingerprint density at radius 3 is 2.66 bits per heavy atom. The number of phenols is 1. The van der Waals surface area contributed by atoms with Gasteiger partial charge in [0.05, 0.1) is 22.3 Å². The number of piperidine rings is 1. The van der Waals surface area contributed by atoms with Crippen molar-refractivity contribution in [1.29, 1.82) is 0 Å². The molecular formula is C35H31F3N4O2. The SMILES string of the molecule is C#Cc1c(F)ccc2cc(O)cc(-c3ccc4c(C56CC7CCC(C5)N76)nc(OC[C@@]56CCCN5C[C@H](F)C6)nc4c3F)c12. The number of halogens is 3. The summed E-state index contributed by atoms with van der Waals surface area (Å²) < 4.78 is 52.5. The number of hydrogen-bond donors (Lipinski definition) is 1. The maximum Gasteiger partial charge on any atom is 0.317 e. The molecule has 0 bridgehead atoms. The highest BCUT2D eigenvalue weighted by atomic mass is 19.1. The van der Waals surface area contributed by atoms with Crippen LogP contribution in [0.3, 0.4) is 0 Å². The summed E-state index contributed by atoms with van der Waals surface area (Å²) in [5.74, 6) is 1.10. The first-order valence-electron chi connectivity index (χ1n) is 15.5. The van der Waals surface area contributed by atoms with E-state index in [4.69, 9.17) is 16.1 Å². The zero-order chi connectivity index (χ0) is 30.0. The predicted octanol–water partition coefficient (Wildman–Crippen LogP) is 6.21. The van der Waals surface area contributed by atoms with Crippen LogP contribution in [0.4, 0.5) is 13.2 Å². The van der Waals surface area contributed by atoms with E-state index in [0.717, 1.165) is 37.9 Å². The Hall–Kier alpha value is -3.87. The van der Waals surface area contributed by atoms with Gasteiger partial charge in [0.1, 0.15) is 29.9 Å². The number of phenolic OH excluding ortho intramolecular Hbond substituents is 1. The summed E-state index contributed by atoms with van der Waals surface area (Å²) in [7, 11) is 0. The molecule has 6 nitrogen and oxygen atoms in total. The molecule has 9 heteroatoms. The second-order valence-electron chi connectivity index (χ2n) is 13.4. The van der Waals surface area contributed by atoms with E-state index in [1.165, 1.54) is 37.1 Å². The minimum absolute atomic E-state index is 0.00134. The zero-order valence-corrected chi connectivity index (χ0v) is 24.1. The van der Waals surface area contributed by atoms with E-state index in [1.54, 1.807) is 6.07 Å². The van der Waals surface area contributed by atoms with Crippen molar-refractivity contribution in [3.05, 3.63) is 59.3 Å². The lowest BCUT2D eigenvalue weighted by atomic mass is 9.65. The van der Waals surface area contributed by atoms with Crippen molar-refractivity contribution in [3.8, 4) is 35.2 Å². The molecule has 4 aromatic rings. The van der Waals surface area contributed by atoms with Crippen LogP contribution in [-0.2, 0) is 5.54 Å². The standard InChI is InChI=1S/C35H31F3N4O2/c1-2-24-28(37)9-4-19-12-23(43)13-27(29(19)24)25-7-8-26-31(30(25)38)39-33(44-18-34-10-3-11-41(34)17-20(36)14-34)40-32(26)35-15-21-5-6-22(16-35)42(21)35/h1,4,7-9,12-13,20-22,43H,3,5-6,10-11,14-18H2/t20-,21?,22?,34+,35?/m1/s1. The van der Waals surface area contributed by atoms with Gasteiger partial charge in [-0.2, -0.15) is 9.97 Å². The number of terminal acetylenes is 1. The molecule has 0 aliphatic carbocycles. The Labute approximate surface area is 252 Å². The summed E-state index contributed by atoms with van der Waals surface area (Å²) in [6.07, 6.45) is 11.3. The smallest absolute Gasteiger partial charge is 0.317 e. The van der Waals surface area contributed by atoms with E-state index in [2.05, 4.69) is 20.7 Å². The fourth-order valence-corrected chi connectivity index (χ4v) is 9.42. The van der Waals surface area contributed by atoms with Gasteiger partial charge < -0.3 is 9.84 Å². The fraction of sp³-hybridized carbons (Fsp3) is 0.429. The number of nitrogens with zero attached hydrogens (tertiary/aromatic N) is 4. The van der Waals surface area contributed by atoms with Crippen LogP contribution in [0.15, 0.2) is 36.4 Å². The minimum Gasteiger partial charge on any atom is -0.508 e. The van der Waals surface area contributed by atoms with Gasteiger partial charge in [-0.05, 0) is 74.2 Å². The van der Waals surface area contributed by atoms with E-state index < -0.39 is 23.3 Å². The second-order valence-corrected chi connectivity index (χ2v) is 13.4. The van der Waals surface area contributed by atoms with Crippen molar-refractivity contribution in [2.75, 3.05) is 19.7 Å². The highest BCUT2D eigenvalue weighted by Gasteiger charge is 2.67. The number of fused-ring (bicyclic) bond motifs is 3. The minimum atomic E-state index is -0.894. The van der Waals surface area contributed by atoms with Crippen LogP contribution in [0.1, 0.15) is 56.2 Å². The summed E-state index contributed by atoms with van der Waals surface area (Å²) in [6.45, 7) is 1.48. The van der Waals surface area contributed by atoms with Crippen LogP contribution in [0.5, 0.6) is 11.8 Å². The summed E-state index contributed by atoms with van der Waals surface area (Å²) in [6, 6.07) is 10.3. The maximum atomic E-state index is 16.9. The van der Waals surface area contributed by atoms with Crippen molar-refractivity contribution >= 4 is 21.7 Å². The first-order valence-corrected chi connectivity index (χ1v) is 15.5. The maximum absolute atomic E-state index is 16.9. The van der Waals surface area contributed by atoms with Crippen molar-refractivity contribution < 1.29 is 23.0 Å². The quantitative estimate of drug-likeness (QED) is 0.277. The number of hydrogen-bond acceptors (Lipinski definition) is 6. The molecule has 5 fully saturated rings. The first-order chi connectivity index (χ1) is 21.3. The number of benzene rings is 3. The average Bonchev–Trinajstić information content (AvgIpc) is 3.54. The zero-order valence-electron chi connectivity index (χ0n) is 24.1. The second kappa shape index (κ2) is 9.09. The molecule has 5 aliphatic rings. The summed E-state index contributed by atoms with van der Waals surface area (Å²) in [5, 5.41) is 12.0. The molecule has 44 heavy (non-hydrogen) atoms. The van der Waals surface area contributed by atoms with Crippen molar-refractivity contribution in [2.45, 2.75) is 74.3 Å². The summed E-state index contributed by atoms with van der Waals surface area (Å²) in [5.41, 5.74) is 0.625. The number of aromatic hydroxyl groups is 1. The third-order valence-electron chi connectivity index (χ3n) is 11.2. The molecule has 9 rings (SSSR count). The highest BCUT2D eigenvalue weighted by Crippen LogP contribution is 2.64. The van der Waals surface area contributed by atoms with Crippen LogP contribution in [0.2, 0.25) is 0 Å². The molecular weight excluding hydrogens is 565 g/mol. The third kappa shape index (κ3) is 3.47. The van der Waals surface area contributed by atoms with Gasteiger partial charge in [0.2, 0.25) is 0 Å². The first kappa shape index (κ1) is 26.5. The summed E-state index contributed by atoms with van der Waals surface area (Å²) >= 11 is 0. The van der Waals surface area contributed by atoms with Gasteiger partial charge in [-0.15, -0.1) is 6.42 Å². The molecule has 2 unspecified atom stereocenters. The van der Waals surface area contributed by atoms with E-state index in [1.807, 2.05) is 6.07 Å². The van der Waals surface area contributed by atoms with Gasteiger partial charge in [-0.25, -0.2) is 13.2 Å². The van der Waals surface area contributed by atoms with Crippen LogP contribution in [0, 0.1) is 24.0 Å². The van der Waals surface area contributed by atoms with Gasteiger partial charge in [-0.3, -0.25) is 9.80 Å². The molecule has 1 aromatic heterocycles. The largest absolute Gasteiger partial charge is 0.508 e. The Kier molecular flexibility index (Phi) is 5.48. The van der Waals surface area contributed by atoms with Gasteiger partial charge >= 0.3 is 6.01 Å². The normalized spacial score (nSPS) is 30.6. The molecule has 224 valence electrons. The molecule has 3 aromatic carbocycles. The Bertz CT molecular complexity index is 1930. The topological polar surface area (TPSA) is 61.7 Å². The molecule has 1 N–H and O–H groups in total. The average molecular weight is 597 g/mol. The molecule has 4 atom stereocenters. The molecule has 6 heterocycles. The van der Waals surface area contributed by atoms with Crippen LogP contribution in [0.25, 0.3) is 32.8 Å². The van der Waals surface area contributed by atoms with Crippen molar-refractivity contribution in [3.63, 3.8) is 0 Å². The Morgan fingerprint density at radius 2 is 1.86 bits per heavy atom. The van der Waals surface area contributed by atoms with Crippen LogP contribution < -0.4 is 4.74 Å². The Balaban J connectivity index is 1.21. The van der Waals surface area contributed by atoms with Crippen molar-refractivity contribution in [2.24, 2.45) is 0 Å². The van der Waals surface area contributed by atoms with Crippen molar-refractivity contribution in [1.82, 2.24) is 19.8 Å². The van der Waals surface area contributed by atoms with E-state index in [-0.39, 0.29) is 46.1 Å². The molecule has 0 amide bonds.